The molecule has 1 aliphatic heterocycles. The molecule has 1 amide bonds. The number of aromatic hydroxyl groups is 1. The van der Waals surface area contributed by atoms with Crippen molar-refractivity contribution in [2.45, 2.75) is 26.2 Å². The second-order valence-electron chi connectivity index (χ2n) is 7.61. The van der Waals surface area contributed by atoms with Gasteiger partial charge < -0.3 is 20.1 Å². The molecule has 160 valence electrons. The number of anilines is 2. The Kier molecular flexibility index (Phi) is 6.24. The van der Waals surface area contributed by atoms with Crippen LogP contribution in [0.1, 0.15) is 34.1 Å². The molecule has 1 aliphatic carbocycles. The number of esters is 1. The number of nitrogens with zero attached hydrogens (tertiary/aromatic N) is 2. The number of piperazine rings is 1. The van der Waals surface area contributed by atoms with Gasteiger partial charge in [-0.1, -0.05) is 0 Å². The Balaban J connectivity index is 1.35. The fourth-order valence-corrected chi connectivity index (χ4v) is 5.40. The van der Waals surface area contributed by atoms with E-state index < -0.39 is 0 Å². The number of hydrogen-bond acceptors (Lipinski definition) is 7. The summed E-state index contributed by atoms with van der Waals surface area (Å²) in [6.07, 6.45) is 2.88. The van der Waals surface area contributed by atoms with Gasteiger partial charge in [-0.05, 0) is 56.0 Å². The lowest BCUT2D eigenvalue weighted by Gasteiger charge is -2.35. The molecule has 2 aromatic rings. The summed E-state index contributed by atoms with van der Waals surface area (Å²) in [4.78, 5) is 30.7. The lowest BCUT2D eigenvalue weighted by molar-refractivity contribution is -0.117. The summed E-state index contributed by atoms with van der Waals surface area (Å²) in [5.74, 6) is -0.177. The predicted molar refractivity (Wildman–Crippen MR) is 118 cm³/mol. The van der Waals surface area contributed by atoms with Crippen molar-refractivity contribution in [2.75, 3.05) is 49.5 Å². The minimum Gasteiger partial charge on any atom is -0.508 e. The number of phenols is 1. The fraction of sp³-hybridized carbons (Fsp3) is 0.455. The Hall–Kier alpha value is -2.58. The Bertz CT molecular complexity index is 917. The molecule has 1 saturated heterocycles. The third-order valence-corrected chi connectivity index (χ3v) is 6.82. The molecule has 2 aliphatic rings. The standard InChI is InChI=1S/C22H27N3O4S/c1-2-29-22(28)20-17-4-3-5-18(17)30-21(20)23-19(27)14-24-10-12-25(13-11-24)15-6-8-16(26)9-7-15/h6-9,26H,2-5,10-14H2,1H3,(H,23,27). The van der Waals surface area contributed by atoms with E-state index in [4.69, 9.17) is 4.74 Å². The van der Waals surface area contributed by atoms with E-state index in [1.807, 2.05) is 12.1 Å². The first kappa shape index (κ1) is 20.7. The molecule has 0 bridgehead atoms. The number of nitrogens with one attached hydrogen (secondary N) is 1. The van der Waals surface area contributed by atoms with Crippen molar-refractivity contribution in [2.24, 2.45) is 0 Å². The van der Waals surface area contributed by atoms with Crippen molar-refractivity contribution in [1.29, 1.82) is 0 Å². The van der Waals surface area contributed by atoms with Gasteiger partial charge in [0, 0.05) is 36.7 Å². The first-order chi connectivity index (χ1) is 14.5. The Morgan fingerprint density at radius 2 is 1.87 bits per heavy atom. The van der Waals surface area contributed by atoms with Gasteiger partial charge in [0.1, 0.15) is 10.8 Å². The molecule has 0 saturated carbocycles. The van der Waals surface area contributed by atoms with Gasteiger partial charge in [-0.15, -0.1) is 11.3 Å². The van der Waals surface area contributed by atoms with Crippen LogP contribution in [-0.2, 0) is 22.4 Å². The van der Waals surface area contributed by atoms with Crippen LogP contribution in [0.3, 0.4) is 0 Å². The largest absolute Gasteiger partial charge is 0.508 e. The molecule has 4 rings (SSSR count). The number of benzene rings is 1. The van der Waals surface area contributed by atoms with Crippen molar-refractivity contribution < 1.29 is 19.4 Å². The molecule has 1 aromatic heterocycles. The first-order valence-electron chi connectivity index (χ1n) is 10.4. The van der Waals surface area contributed by atoms with Gasteiger partial charge in [-0.3, -0.25) is 9.69 Å². The quantitative estimate of drug-likeness (QED) is 0.687. The third kappa shape index (κ3) is 4.44. The van der Waals surface area contributed by atoms with Gasteiger partial charge in [0.25, 0.3) is 0 Å². The van der Waals surface area contributed by atoms with Crippen LogP contribution in [0.15, 0.2) is 24.3 Å². The number of hydrogen-bond donors (Lipinski definition) is 2. The van der Waals surface area contributed by atoms with Crippen molar-refractivity contribution >= 4 is 33.9 Å². The lowest BCUT2D eigenvalue weighted by Crippen LogP contribution is -2.48. The van der Waals surface area contributed by atoms with Gasteiger partial charge in [0.05, 0.1) is 18.7 Å². The summed E-state index contributed by atoms with van der Waals surface area (Å²) in [7, 11) is 0. The second kappa shape index (κ2) is 9.06. The minimum atomic E-state index is -0.338. The van der Waals surface area contributed by atoms with Gasteiger partial charge in [0.2, 0.25) is 5.91 Å². The highest BCUT2D eigenvalue weighted by Gasteiger charge is 2.29. The molecule has 0 spiro atoms. The third-order valence-electron chi connectivity index (χ3n) is 5.61. The summed E-state index contributed by atoms with van der Waals surface area (Å²) >= 11 is 1.51. The van der Waals surface area contributed by atoms with Crippen LogP contribution in [0.25, 0.3) is 0 Å². The van der Waals surface area contributed by atoms with E-state index in [1.54, 1.807) is 19.1 Å². The van der Waals surface area contributed by atoms with Crippen LogP contribution in [0.2, 0.25) is 0 Å². The molecule has 0 radical (unpaired) electrons. The van der Waals surface area contributed by atoms with Gasteiger partial charge >= 0.3 is 5.97 Å². The number of aryl methyl sites for hydroxylation is 1. The molecule has 0 unspecified atom stereocenters. The van der Waals surface area contributed by atoms with E-state index >= 15 is 0 Å². The highest BCUT2D eigenvalue weighted by atomic mass is 32.1. The number of rotatable bonds is 6. The SMILES string of the molecule is CCOC(=O)c1c(NC(=O)CN2CCN(c3ccc(O)cc3)CC2)sc2c1CCC2. The van der Waals surface area contributed by atoms with Crippen LogP contribution < -0.4 is 10.2 Å². The van der Waals surface area contributed by atoms with Crippen molar-refractivity contribution in [1.82, 2.24) is 4.90 Å². The zero-order chi connectivity index (χ0) is 21.1. The Labute approximate surface area is 180 Å². The maximum absolute atomic E-state index is 12.7. The fourth-order valence-electron chi connectivity index (χ4n) is 4.11. The molecular formula is C22H27N3O4S. The normalized spacial score (nSPS) is 16.4. The average molecular weight is 430 g/mol. The molecule has 1 aromatic carbocycles. The molecule has 8 heteroatoms. The maximum Gasteiger partial charge on any atom is 0.341 e. The first-order valence-corrected chi connectivity index (χ1v) is 11.2. The highest BCUT2D eigenvalue weighted by Crippen LogP contribution is 2.39. The smallest absolute Gasteiger partial charge is 0.341 e. The van der Waals surface area contributed by atoms with Crippen LogP contribution in [-0.4, -0.2) is 61.2 Å². The monoisotopic (exact) mass is 429 g/mol. The van der Waals surface area contributed by atoms with Gasteiger partial charge in [-0.25, -0.2) is 4.79 Å². The summed E-state index contributed by atoms with van der Waals surface area (Å²) in [6, 6.07) is 7.19. The van der Waals surface area contributed by atoms with E-state index in [1.165, 1.54) is 16.2 Å². The van der Waals surface area contributed by atoms with Crippen molar-refractivity contribution in [3.63, 3.8) is 0 Å². The molecule has 2 N–H and O–H groups in total. The number of amides is 1. The predicted octanol–water partition coefficient (Wildman–Crippen LogP) is 2.88. The molecule has 1 fully saturated rings. The summed E-state index contributed by atoms with van der Waals surface area (Å²) in [6.45, 7) is 5.61. The zero-order valence-corrected chi connectivity index (χ0v) is 18.0. The van der Waals surface area contributed by atoms with Crippen LogP contribution in [0.4, 0.5) is 10.7 Å². The van der Waals surface area contributed by atoms with E-state index in [0.717, 1.165) is 56.7 Å². The Morgan fingerprint density at radius 3 is 2.57 bits per heavy atom. The topological polar surface area (TPSA) is 82.1 Å². The number of phenolic OH excluding ortho intramolecular Hbond substituents is 1. The molecule has 0 atom stereocenters. The summed E-state index contributed by atoms with van der Waals surface area (Å²) in [5.41, 5.74) is 2.68. The zero-order valence-electron chi connectivity index (χ0n) is 17.1. The van der Waals surface area contributed by atoms with Crippen molar-refractivity contribution in [3.8, 4) is 5.75 Å². The molecular weight excluding hydrogens is 402 g/mol. The summed E-state index contributed by atoms with van der Waals surface area (Å²) < 4.78 is 5.23. The van der Waals surface area contributed by atoms with E-state index in [-0.39, 0.29) is 17.6 Å². The molecule has 7 nitrogen and oxygen atoms in total. The maximum atomic E-state index is 12.7. The van der Waals surface area contributed by atoms with Crippen LogP contribution in [0, 0.1) is 0 Å². The highest BCUT2D eigenvalue weighted by molar-refractivity contribution is 7.17. The Morgan fingerprint density at radius 1 is 1.13 bits per heavy atom. The van der Waals surface area contributed by atoms with Crippen LogP contribution >= 0.6 is 11.3 Å². The van der Waals surface area contributed by atoms with E-state index in [2.05, 4.69) is 15.1 Å². The number of thiophene rings is 1. The number of fused-ring (bicyclic) bond motifs is 1. The average Bonchev–Trinajstić information content (AvgIpc) is 3.30. The lowest BCUT2D eigenvalue weighted by atomic mass is 10.1. The van der Waals surface area contributed by atoms with E-state index in [0.29, 0.717) is 23.7 Å². The van der Waals surface area contributed by atoms with Gasteiger partial charge in [-0.2, -0.15) is 0 Å². The molecule has 2 heterocycles. The van der Waals surface area contributed by atoms with Crippen molar-refractivity contribution in [3.05, 3.63) is 40.3 Å². The van der Waals surface area contributed by atoms with Gasteiger partial charge in [0.15, 0.2) is 0 Å². The minimum absolute atomic E-state index is 0.0986. The number of carbonyl (C=O) groups is 2. The van der Waals surface area contributed by atoms with E-state index in [9.17, 15) is 14.7 Å². The van der Waals surface area contributed by atoms with Crippen LogP contribution in [0.5, 0.6) is 5.75 Å². The second-order valence-corrected chi connectivity index (χ2v) is 8.71. The number of carbonyl (C=O) groups excluding carboxylic acids is 2. The summed E-state index contributed by atoms with van der Waals surface area (Å²) in [5, 5.41) is 13.0. The number of ether oxygens (including phenoxy) is 1. The molecule has 30 heavy (non-hydrogen) atoms.